The first-order valence-corrected chi connectivity index (χ1v) is 11.5. The van der Waals surface area contributed by atoms with Gasteiger partial charge in [-0.3, -0.25) is 4.98 Å². The normalized spacial score (nSPS) is 15.2. The lowest BCUT2D eigenvalue weighted by atomic mass is 10.2. The van der Waals surface area contributed by atoms with E-state index in [1.165, 1.54) is 18.6 Å². The highest BCUT2D eigenvalue weighted by Crippen LogP contribution is 2.28. The van der Waals surface area contributed by atoms with Crippen molar-refractivity contribution in [1.29, 1.82) is 0 Å². The van der Waals surface area contributed by atoms with Gasteiger partial charge in [0.15, 0.2) is 0 Å². The Morgan fingerprint density at radius 1 is 1.20 bits per heavy atom. The van der Waals surface area contributed by atoms with Crippen molar-refractivity contribution in [3.05, 3.63) is 42.2 Å². The largest absolute Gasteiger partial charge is 0.602 e. The standard InChI is InChI=1S/C20H18F3N9O2S/c1-4-31(5-2)14-7-6-12(11(3)26-14)27-15-16(19(33)35(34)20(21,22)23)29-32-18(15)28-17(30-32)13-10-24-8-9-25-13/h6-10H,4-5H2,1-3H3/b27-15-. The van der Waals surface area contributed by atoms with Gasteiger partial charge in [0, 0.05) is 25.5 Å². The number of aliphatic imine (C=N–C) groups is 1. The van der Waals surface area contributed by atoms with Crippen molar-refractivity contribution in [3.8, 4) is 11.5 Å². The monoisotopic (exact) mass is 505 g/mol. The second-order valence-electron chi connectivity index (χ2n) is 7.10. The first kappa shape index (κ1) is 24.4. The molecule has 4 rings (SSSR count). The van der Waals surface area contributed by atoms with E-state index in [0.717, 1.165) is 17.9 Å². The van der Waals surface area contributed by atoms with E-state index in [1.807, 2.05) is 18.7 Å². The van der Waals surface area contributed by atoms with Crippen molar-refractivity contribution < 1.29 is 22.5 Å². The van der Waals surface area contributed by atoms with E-state index in [1.54, 1.807) is 19.1 Å². The van der Waals surface area contributed by atoms with Crippen molar-refractivity contribution in [2.75, 3.05) is 18.0 Å². The van der Waals surface area contributed by atoms with Crippen LogP contribution in [0.2, 0.25) is 0 Å². The summed E-state index contributed by atoms with van der Waals surface area (Å²) in [7, 11) is 0. The van der Waals surface area contributed by atoms with Gasteiger partial charge in [-0.15, -0.1) is 28.2 Å². The van der Waals surface area contributed by atoms with Crippen LogP contribution >= 0.6 is 0 Å². The fourth-order valence-electron chi connectivity index (χ4n) is 3.23. The van der Waals surface area contributed by atoms with E-state index in [-0.39, 0.29) is 28.7 Å². The Morgan fingerprint density at radius 3 is 2.54 bits per heavy atom. The molecule has 0 bridgehead atoms. The molecule has 4 heterocycles. The summed E-state index contributed by atoms with van der Waals surface area (Å²) in [6.45, 7) is 7.07. The minimum absolute atomic E-state index is 0.0692. The average Bonchev–Trinajstić information content (AvgIpc) is 3.39. The van der Waals surface area contributed by atoms with Crippen LogP contribution in [0.3, 0.4) is 0 Å². The summed E-state index contributed by atoms with van der Waals surface area (Å²) < 4.78 is 50.8. The van der Waals surface area contributed by atoms with E-state index in [4.69, 9.17) is 0 Å². The first-order valence-electron chi connectivity index (χ1n) is 10.3. The van der Waals surface area contributed by atoms with E-state index in [0.29, 0.717) is 11.5 Å². The van der Waals surface area contributed by atoms with Crippen molar-refractivity contribution in [2.45, 2.75) is 26.3 Å². The molecule has 0 amide bonds. The molecule has 0 N–H and O–H groups in total. The molecule has 11 nitrogen and oxygen atoms in total. The average molecular weight is 505 g/mol. The van der Waals surface area contributed by atoms with E-state index >= 15 is 0 Å². The lowest BCUT2D eigenvalue weighted by Crippen LogP contribution is -2.38. The molecule has 0 radical (unpaired) electrons. The molecular weight excluding hydrogens is 487 g/mol. The van der Waals surface area contributed by atoms with E-state index in [9.17, 15) is 22.5 Å². The smallest absolute Gasteiger partial charge is 0.581 e. The van der Waals surface area contributed by atoms with Crippen LogP contribution in [-0.4, -0.2) is 69.5 Å². The zero-order chi connectivity index (χ0) is 25.3. The van der Waals surface area contributed by atoms with Gasteiger partial charge in [-0.05, 0) is 32.9 Å². The zero-order valence-corrected chi connectivity index (χ0v) is 19.5. The number of fused-ring (bicyclic) bond motifs is 1. The van der Waals surface area contributed by atoms with Crippen LogP contribution in [0, 0.1) is 6.92 Å². The number of hydrogen-bond donors (Lipinski definition) is 0. The fraction of sp³-hybridized carbons (Fsp3) is 0.300. The minimum atomic E-state index is -5.27. The predicted octanol–water partition coefficient (Wildman–Crippen LogP) is 2.42. The summed E-state index contributed by atoms with van der Waals surface area (Å²) in [6.07, 6.45) is 4.24. The number of rotatable bonds is 6. The quantitative estimate of drug-likeness (QED) is 0.466. The molecule has 1 atom stereocenters. The van der Waals surface area contributed by atoms with Gasteiger partial charge < -0.3 is 9.45 Å². The van der Waals surface area contributed by atoms with Crippen molar-refractivity contribution >= 4 is 39.2 Å². The van der Waals surface area contributed by atoms with Crippen molar-refractivity contribution in [2.24, 2.45) is 10.1 Å². The molecule has 0 aromatic carbocycles. The lowest BCUT2D eigenvalue weighted by Gasteiger charge is -2.20. The highest BCUT2D eigenvalue weighted by molar-refractivity contribution is 8.09. The number of aryl methyl sites for hydroxylation is 1. The maximum Gasteiger partial charge on any atom is 0.581 e. The Labute approximate surface area is 200 Å². The van der Waals surface area contributed by atoms with E-state index < -0.39 is 27.5 Å². The molecule has 0 saturated heterocycles. The number of hydrogen-bond acceptors (Lipinski definition) is 10. The Kier molecular flexibility index (Phi) is 6.62. The van der Waals surface area contributed by atoms with Gasteiger partial charge in [0.25, 0.3) is 0 Å². The third-order valence-corrected chi connectivity index (χ3v) is 5.90. The second-order valence-corrected chi connectivity index (χ2v) is 8.47. The Balaban J connectivity index is 1.81. The first-order chi connectivity index (χ1) is 16.6. The molecule has 1 aliphatic heterocycles. The number of anilines is 1. The maximum atomic E-state index is 13.0. The van der Waals surface area contributed by atoms with Gasteiger partial charge in [0.05, 0.1) is 17.6 Å². The summed E-state index contributed by atoms with van der Waals surface area (Å²) in [4.78, 5) is 36.4. The third kappa shape index (κ3) is 4.77. The highest BCUT2D eigenvalue weighted by Gasteiger charge is 2.53. The molecule has 3 aromatic heterocycles. The number of carbonyl (C=O) groups is 1. The summed E-state index contributed by atoms with van der Waals surface area (Å²) in [5.41, 5.74) is -5.35. The number of aromatic nitrogens is 6. The molecule has 0 fully saturated rings. The fourth-order valence-corrected chi connectivity index (χ4v) is 3.75. The molecule has 3 aromatic rings. The van der Waals surface area contributed by atoms with Gasteiger partial charge in [0.1, 0.15) is 28.4 Å². The number of pyridine rings is 1. The second kappa shape index (κ2) is 9.50. The Morgan fingerprint density at radius 2 is 1.94 bits per heavy atom. The summed E-state index contributed by atoms with van der Waals surface area (Å²) in [5.74, 6) is 0.652. The summed E-state index contributed by atoms with van der Waals surface area (Å²) in [6, 6.07) is 3.32. The lowest BCUT2D eigenvalue weighted by molar-refractivity contribution is -0.108. The molecule has 0 saturated carbocycles. The maximum absolute atomic E-state index is 13.0. The van der Waals surface area contributed by atoms with Crippen LogP contribution in [0.15, 0.2) is 40.8 Å². The van der Waals surface area contributed by atoms with Crippen LogP contribution in [-0.2, 0) is 16.0 Å². The van der Waals surface area contributed by atoms with E-state index in [2.05, 4.69) is 35.1 Å². The molecule has 15 heteroatoms. The van der Waals surface area contributed by atoms with Gasteiger partial charge >= 0.3 is 10.6 Å². The van der Waals surface area contributed by atoms with Gasteiger partial charge in [-0.25, -0.2) is 24.7 Å². The molecule has 0 spiro atoms. The molecule has 182 valence electrons. The van der Waals surface area contributed by atoms with Crippen LogP contribution in [0.25, 0.3) is 11.5 Å². The number of carbonyl (C=O) groups excluding carboxylic acids is 1. The van der Waals surface area contributed by atoms with Gasteiger partial charge in [-0.2, -0.15) is 0 Å². The summed E-state index contributed by atoms with van der Waals surface area (Å²) >= 11 is -3.85. The number of nitrogens with zero attached hydrogens (tertiary/aromatic N) is 9. The van der Waals surface area contributed by atoms with Crippen LogP contribution in [0.5, 0.6) is 0 Å². The minimum Gasteiger partial charge on any atom is -0.602 e. The highest BCUT2D eigenvalue weighted by atomic mass is 32.2. The summed E-state index contributed by atoms with van der Waals surface area (Å²) in [5, 5.41) is 6.14. The van der Waals surface area contributed by atoms with Crippen LogP contribution < -0.4 is 4.90 Å². The Hall–Kier alpha value is -3.72. The third-order valence-electron chi connectivity index (χ3n) is 4.95. The SMILES string of the molecule is CCN(CC)c1ccc(/N=C2/C(C(=O)[S+]([O-])C(F)(F)F)=Nn3nc(-c4cnccn4)nc32)c(C)n1. The topological polar surface area (TPSA) is 137 Å². The molecule has 0 aliphatic carbocycles. The van der Waals surface area contributed by atoms with Crippen LogP contribution in [0.4, 0.5) is 24.7 Å². The molecule has 1 unspecified atom stereocenters. The number of halogens is 3. The number of alkyl halides is 3. The van der Waals surface area contributed by atoms with Crippen molar-refractivity contribution in [3.63, 3.8) is 0 Å². The van der Waals surface area contributed by atoms with Crippen molar-refractivity contribution in [1.82, 2.24) is 29.8 Å². The molecule has 1 aliphatic rings. The van der Waals surface area contributed by atoms with Gasteiger partial charge in [0.2, 0.25) is 17.4 Å². The van der Waals surface area contributed by atoms with Crippen LogP contribution in [0.1, 0.15) is 25.4 Å². The Bertz CT molecular complexity index is 1320. The molecule has 35 heavy (non-hydrogen) atoms. The van der Waals surface area contributed by atoms with Gasteiger partial charge in [-0.1, -0.05) is 0 Å². The predicted molar refractivity (Wildman–Crippen MR) is 122 cm³/mol. The zero-order valence-electron chi connectivity index (χ0n) is 18.7. The molecular formula is C20H18F3N9O2S.